The van der Waals surface area contributed by atoms with Gasteiger partial charge >= 0.3 is 0 Å². The molecule has 3 N–H and O–H groups in total. The van der Waals surface area contributed by atoms with Crippen molar-refractivity contribution in [1.29, 1.82) is 5.26 Å². The van der Waals surface area contributed by atoms with Crippen molar-refractivity contribution in [3.8, 4) is 6.07 Å². The van der Waals surface area contributed by atoms with Crippen molar-refractivity contribution in [2.45, 2.75) is 39.8 Å². The first-order valence-corrected chi connectivity index (χ1v) is 5.66. The topological polar surface area (TPSA) is 83.8 Å². The summed E-state index contributed by atoms with van der Waals surface area (Å²) in [4.78, 5) is 11.7. The van der Waals surface area contributed by atoms with E-state index in [0.29, 0.717) is 17.8 Å². The fourth-order valence-corrected chi connectivity index (χ4v) is 1.79. The van der Waals surface area contributed by atoms with Crippen LogP contribution in [-0.4, -0.2) is 16.5 Å². The van der Waals surface area contributed by atoms with Crippen LogP contribution in [0.4, 0.5) is 5.69 Å². The van der Waals surface area contributed by atoms with Crippen molar-refractivity contribution < 1.29 is 4.79 Å². The van der Waals surface area contributed by atoms with E-state index >= 15 is 0 Å². The average Bonchev–Trinajstić information content (AvgIpc) is 2.53. The third-order valence-electron chi connectivity index (χ3n) is 2.44. The zero-order valence-electron chi connectivity index (χ0n) is 10.4. The summed E-state index contributed by atoms with van der Waals surface area (Å²) in [7, 11) is 0. The van der Waals surface area contributed by atoms with E-state index < -0.39 is 0 Å². The molecule has 92 valence electrons. The fourth-order valence-electron chi connectivity index (χ4n) is 1.79. The first-order valence-electron chi connectivity index (χ1n) is 5.66. The van der Waals surface area contributed by atoms with Crippen LogP contribution in [0.5, 0.6) is 0 Å². The van der Waals surface area contributed by atoms with E-state index in [9.17, 15) is 4.79 Å². The number of nitrogen functional groups attached to an aromatic ring is 1. The highest BCUT2D eigenvalue weighted by atomic mass is 16.2. The second-order valence-electron chi connectivity index (χ2n) is 4.21. The highest BCUT2D eigenvalue weighted by Gasteiger charge is 2.14. The minimum Gasteiger partial charge on any atom is -0.397 e. The van der Waals surface area contributed by atoms with Crippen molar-refractivity contribution in [1.82, 2.24) is 9.88 Å². The number of nitrogens with two attached hydrogens (primary N) is 1. The number of nitrogens with one attached hydrogen (secondary N) is 1. The quantitative estimate of drug-likeness (QED) is 0.816. The Labute approximate surface area is 101 Å². The minimum absolute atomic E-state index is 0.0889. The van der Waals surface area contributed by atoms with Crippen molar-refractivity contribution in [2.75, 3.05) is 5.73 Å². The van der Waals surface area contributed by atoms with Gasteiger partial charge in [0.1, 0.15) is 18.3 Å². The maximum Gasteiger partial charge on any atom is 0.240 e. The van der Waals surface area contributed by atoms with E-state index in [4.69, 9.17) is 11.0 Å². The van der Waals surface area contributed by atoms with Crippen LogP contribution in [0.15, 0.2) is 6.07 Å². The van der Waals surface area contributed by atoms with Crippen LogP contribution in [0.25, 0.3) is 0 Å². The smallest absolute Gasteiger partial charge is 0.240 e. The molecule has 5 heteroatoms. The maximum atomic E-state index is 11.7. The Bertz CT molecular complexity index is 454. The maximum absolute atomic E-state index is 11.7. The molecule has 0 aliphatic carbocycles. The van der Waals surface area contributed by atoms with E-state index in [-0.39, 0.29) is 18.5 Å². The Balaban J connectivity index is 2.97. The standard InChI is InChI=1S/C12H18N4O/c1-4-11-10(14)5-9(6-13)16(11)7-12(17)15-8(2)3/h5,8H,4,7,14H2,1-3H3,(H,15,17). The zero-order chi connectivity index (χ0) is 13.0. The molecule has 0 radical (unpaired) electrons. The lowest BCUT2D eigenvalue weighted by Crippen LogP contribution is -2.33. The summed E-state index contributed by atoms with van der Waals surface area (Å²) in [6, 6.07) is 3.75. The van der Waals surface area contributed by atoms with Crippen LogP contribution in [0.1, 0.15) is 32.2 Å². The van der Waals surface area contributed by atoms with E-state index in [1.807, 2.05) is 20.8 Å². The Morgan fingerprint density at radius 2 is 2.29 bits per heavy atom. The summed E-state index contributed by atoms with van der Waals surface area (Å²) in [5, 5.41) is 11.8. The van der Waals surface area contributed by atoms with Crippen LogP contribution in [-0.2, 0) is 17.8 Å². The van der Waals surface area contributed by atoms with Gasteiger partial charge in [-0.3, -0.25) is 4.79 Å². The third-order valence-corrected chi connectivity index (χ3v) is 2.44. The predicted molar refractivity (Wildman–Crippen MR) is 66.2 cm³/mol. The molecular formula is C12H18N4O. The second-order valence-corrected chi connectivity index (χ2v) is 4.21. The number of nitriles is 1. The monoisotopic (exact) mass is 234 g/mol. The van der Waals surface area contributed by atoms with Crippen LogP contribution in [0.2, 0.25) is 0 Å². The summed E-state index contributed by atoms with van der Waals surface area (Å²) in [6.07, 6.45) is 0.697. The fraction of sp³-hybridized carbons (Fsp3) is 0.500. The Kier molecular flexibility index (Phi) is 4.16. The lowest BCUT2D eigenvalue weighted by atomic mass is 10.3. The van der Waals surface area contributed by atoms with Gasteiger partial charge < -0.3 is 15.6 Å². The molecule has 0 saturated heterocycles. The number of carbonyl (C=O) groups excluding carboxylic acids is 1. The average molecular weight is 234 g/mol. The van der Waals surface area contributed by atoms with Gasteiger partial charge in [-0.1, -0.05) is 6.92 Å². The number of carbonyl (C=O) groups is 1. The molecule has 1 heterocycles. The van der Waals surface area contributed by atoms with E-state index in [2.05, 4.69) is 11.4 Å². The molecule has 0 fully saturated rings. The summed E-state index contributed by atoms with van der Waals surface area (Å²) in [6.45, 7) is 5.88. The second kappa shape index (κ2) is 5.39. The lowest BCUT2D eigenvalue weighted by Gasteiger charge is -2.12. The van der Waals surface area contributed by atoms with Crippen molar-refractivity contribution in [3.05, 3.63) is 17.5 Å². The molecule has 1 aromatic rings. The van der Waals surface area contributed by atoms with Gasteiger partial charge in [0.05, 0.1) is 5.69 Å². The SMILES string of the molecule is CCc1c(N)cc(C#N)n1CC(=O)NC(C)C. The summed E-state index contributed by atoms with van der Waals surface area (Å²) in [5.74, 6) is -0.109. The van der Waals surface area contributed by atoms with E-state index in [1.54, 1.807) is 10.6 Å². The van der Waals surface area contributed by atoms with E-state index in [0.717, 1.165) is 5.69 Å². The van der Waals surface area contributed by atoms with Crippen LogP contribution >= 0.6 is 0 Å². The van der Waals surface area contributed by atoms with Crippen molar-refractivity contribution in [2.24, 2.45) is 0 Å². The van der Waals surface area contributed by atoms with Gasteiger partial charge in [0.15, 0.2) is 0 Å². The van der Waals surface area contributed by atoms with Gasteiger partial charge in [0.2, 0.25) is 5.91 Å². The van der Waals surface area contributed by atoms with Crippen molar-refractivity contribution in [3.63, 3.8) is 0 Å². The number of hydrogen-bond acceptors (Lipinski definition) is 3. The first kappa shape index (κ1) is 13.1. The first-order chi connectivity index (χ1) is 7.99. The highest BCUT2D eigenvalue weighted by molar-refractivity contribution is 5.76. The van der Waals surface area contributed by atoms with E-state index in [1.165, 1.54) is 0 Å². The van der Waals surface area contributed by atoms with Gasteiger partial charge in [-0.2, -0.15) is 5.26 Å². The Hall–Kier alpha value is -1.96. The molecule has 17 heavy (non-hydrogen) atoms. The van der Waals surface area contributed by atoms with Gasteiger partial charge in [-0.05, 0) is 26.3 Å². The molecule has 1 amide bonds. The normalized spacial score (nSPS) is 10.3. The summed E-state index contributed by atoms with van der Waals surface area (Å²) >= 11 is 0. The number of aromatic nitrogens is 1. The van der Waals surface area contributed by atoms with Gasteiger partial charge in [0.25, 0.3) is 0 Å². The van der Waals surface area contributed by atoms with Gasteiger partial charge in [0, 0.05) is 11.7 Å². The number of amides is 1. The Morgan fingerprint density at radius 1 is 1.65 bits per heavy atom. The summed E-state index contributed by atoms with van der Waals surface area (Å²) < 4.78 is 1.67. The molecule has 0 aliphatic heterocycles. The Morgan fingerprint density at radius 3 is 2.76 bits per heavy atom. The number of anilines is 1. The molecule has 0 atom stereocenters. The lowest BCUT2D eigenvalue weighted by molar-refractivity contribution is -0.122. The number of hydrogen-bond donors (Lipinski definition) is 2. The number of rotatable bonds is 4. The molecular weight excluding hydrogens is 216 g/mol. The van der Waals surface area contributed by atoms with Crippen LogP contribution < -0.4 is 11.1 Å². The molecule has 0 aliphatic rings. The molecule has 0 spiro atoms. The number of nitrogens with zero attached hydrogens (tertiary/aromatic N) is 2. The zero-order valence-corrected chi connectivity index (χ0v) is 10.4. The van der Waals surface area contributed by atoms with Gasteiger partial charge in [-0.25, -0.2) is 0 Å². The molecule has 1 rings (SSSR count). The van der Waals surface area contributed by atoms with Crippen LogP contribution in [0, 0.1) is 11.3 Å². The molecule has 5 nitrogen and oxygen atoms in total. The molecule has 0 saturated carbocycles. The minimum atomic E-state index is -0.109. The molecule has 0 unspecified atom stereocenters. The predicted octanol–water partition coefficient (Wildman–Crippen LogP) is 1.03. The molecule has 1 aromatic heterocycles. The van der Waals surface area contributed by atoms with Gasteiger partial charge in [-0.15, -0.1) is 0 Å². The summed E-state index contributed by atoms with van der Waals surface area (Å²) in [5.41, 5.74) is 7.64. The molecule has 0 bridgehead atoms. The van der Waals surface area contributed by atoms with Crippen molar-refractivity contribution >= 4 is 11.6 Å². The highest BCUT2D eigenvalue weighted by Crippen LogP contribution is 2.18. The molecule has 0 aromatic carbocycles. The largest absolute Gasteiger partial charge is 0.397 e. The van der Waals surface area contributed by atoms with Crippen LogP contribution in [0.3, 0.4) is 0 Å². The third kappa shape index (κ3) is 3.00.